The summed E-state index contributed by atoms with van der Waals surface area (Å²) in [7, 11) is 0. The Bertz CT molecular complexity index is 760. The van der Waals surface area contributed by atoms with Crippen molar-refractivity contribution < 1.29 is 9.53 Å². The lowest BCUT2D eigenvalue weighted by atomic mass is 9.81. The molecule has 0 radical (unpaired) electrons. The Hall–Kier alpha value is -2.35. The molecule has 0 heterocycles. The molecule has 1 aliphatic rings. The molecule has 0 amide bonds. The molecule has 2 heteroatoms. The molecule has 0 bridgehead atoms. The smallest absolute Gasteiger partial charge is 0.306 e. The molecule has 0 N–H and O–H groups in total. The lowest BCUT2D eigenvalue weighted by Crippen LogP contribution is -2.29. The fraction of sp³-hybridized carbons (Fsp3) is 0.423. The largest absolute Gasteiger partial charge is 0.462 e. The van der Waals surface area contributed by atoms with Gasteiger partial charge in [-0.1, -0.05) is 78.7 Å². The highest BCUT2D eigenvalue weighted by molar-refractivity contribution is 5.71. The molecule has 3 rings (SSSR count). The van der Waals surface area contributed by atoms with Crippen LogP contribution in [0.2, 0.25) is 0 Å². The summed E-state index contributed by atoms with van der Waals surface area (Å²) in [5.41, 5.74) is 3.79. The number of esters is 1. The minimum Gasteiger partial charge on any atom is -0.462 e. The molecule has 2 nitrogen and oxygen atoms in total. The fourth-order valence-corrected chi connectivity index (χ4v) is 4.18. The van der Waals surface area contributed by atoms with Crippen LogP contribution in [-0.4, -0.2) is 12.1 Å². The van der Waals surface area contributed by atoms with Gasteiger partial charge >= 0.3 is 5.97 Å². The second-order valence-corrected chi connectivity index (χ2v) is 8.16. The van der Waals surface area contributed by atoms with Gasteiger partial charge in [-0.05, 0) is 56.6 Å². The summed E-state index contributed by atoms with van der Waals surface area (Å²) < 4.78 is 6.06. The number of allylic oxidation sites excluding steroid dienone is 2. The molecule has 28 heavy (non-hydrogen) atoms. The van der Waals surface area contributed by atoms with E-state index in [-0.39, 0.29) is 18.0 Å². The molecule has 1 saturated carbocycles. The molecule has 148 valence electrons. The van der Waals surface area contributed by atoms with E-state index >= 15 is 0 Å². The topological polar surface area (TPSA) is 26.3 Å². The Kier molecular flexibility index (Phi) is 7.47. The van der Waals surface area contributed by atoms with Gasteiger partial charge in [0.25, 0.3) is 0 Å². The molecule has 0 aliphatic heterocycles. The molecular weight excluding hydrogens is 344 g/mol. The molecule has 0 unspecified atom stereocenters. The molecule has 0 aromatic heterocycles. The van der Waals surface area contributed by atoms with Crippen LogP contribution in [-0.2, 0) is 9.53 Å². The second kappa shape index (κ2) is 10.3. The summed E-state index contributed by atoms with van der Waals surface area (Å²) in [6.07, 6.45) is 7.95. The maximum atomic E-state index is 12.9. The number of hydrogen-bond acceptors (Lipinski definition) is 2. The van der Waals surface area contributed by atoms with Gasteiger partial charge in [0.15, 0.2) is 0 Å². The summed E-state index contributed by atoms with van der Waals surface area (Å²) in [5.74, 6) is 0.429. The Morgan fingerprint density at radius 2 is 1.64 bits per heavy atom. The maximum Gasteiger partial charge on any atom is 0.306 e. The molecule has 3 atom stereocenters. The first-order chi connectivity index (χ1) is 13.6. The zero-order valence-electron chi connectivity index (χ0n) is 17.1. The standard InChI is InChI=1S/C26H32O2/c1-20(2)17-18-23(21-11-5-3-6-12-21)19-26(27)28-25-16-10-9-15-24(25)22-13-7-4-8-14-22/h3-8,11-14,17,23-25H,9-10,15-16,18-19H2,1-2H3/t23-,24-,25+/m0/s1. The predicted octanol–water partition coefficient (Wildman–Crippen LogP) is 6.79. The first kappa shape index (κ1) is 20.4. The van der Waals surface area contributed by atoms with E-state index in [0.717, 1.165) is 25.7 Å². The molecule has 2 aromatic rings. The molecule has 0 spiro atoms. The van der Waals surface area contributed by atoms with Crippen molar-refractivity contribution in [1.29, 1.82) is 0 Å². The zero-order valence-corrected chi connectivity index (χ0v) is 17.1. The van der Waals surface area contributed by atoms with Gasteiger partial charge in [0.05, 0.1) is 6.42 Å². The van der Waals surface area contributed by atoms with Crippen LogP contribution in [0.1, 0.15) is 75.3 Å². The van der Waals surface area contributed by atoms with Crippen molar-refractivity contribution in [3.8, 4) is 0 Å². The molecule has 1 fully saturated rings. The van der Waals surface area contributed by atoms with E-state index in [1.807, 2.05) is 24.3 Å². The van der Waals surface area contributed by atoms with Crippen LogP contribution in [0.4, 0.5) is 0 Å². The van der Waals surface area contributed by atoms with E-state index in [4.69, 9.17) is 4.74 Å². The number of rotatable bonds is 7. The maximum absolute atomic E-state index is 12.9. The van der Waals surface area contributed by atoms with Crippen molar-refractivity contribution in [2.24, 2.45) is 0 Å². The average molecular weight is 377 g/mol. The zero-order chi connectivity index (χ0) is 19.8. The van der Waals surface area contributed by atoms with E-state index in [1.165, 1.54) is 23.1 Å². The predicted molar refractivity (Wildman–Crippen MR) is 115 cm³/mol. The Morgan fingerprint density at radius 3 is 2.32 bits per heavy atom. The molecule has 0 saturated heterocycles. The summed E-state index contributed by atoms with van der Waals surface area (Å²) >= 11 is 0. The highest BCUT2D eigenvalue weighted by Gasteiger charge is 2.30. The summed E-state index contributed by atoms with van der Waals surface area (Å²) in [6.45, 7) is 4.21. The third-order valence-corrected chi connectivity index (χ3v) is 5.71. The van der Waals surface area contributed by atoms with E-state index in [2.05, 4.69) is 56.3 Å². The number of benzene rings is 2. The van der Waals surface area contributed by atoms with Crippen LogP contribution < -0.4 is 0 Å². The van der Waals surface area contributed by atoms with Crippen molar-refractivity contribution in [3.05, 3.63) is 83.4 Å². The van der Waals surface area contributed by atoms with Gasteiger partial charge < -0.3 is 4.74 Å². The Morgan fingerprint density at radius 1 is 1.00 bits per heavy atom. The molecular formula is C26H32O2. The first-order valence-electron chi connectivity index (χ1n) is 10.6. The van der Waals surface area contributed by atoms with Gasteiger partial charge in [0.1, 0.15) is 6.10 Å². The average Bonchev–Trinajstić information content (AvgIpc) is 2.72. The van der Waals surface area contributed by atoms with Crippen LogP contribution in [0.25, 0.3) is 0 Å². The van der Waals surface area contributed by atoms with Crippen molar-refractivity contribution in [2.75, 3.05) is 0 Å². The Labute approximate surface area is 169 Å². The molecule has 2 aromatic carbocycles. The SMILES string of the molecule is CC(C)=CC[C@@H](CC(=O)O[C@@H]1CCCC[C@H]1c1ccccc1)c1ccccc1. The van der Waals surface area contributed by atoms with Gasteiger partial charge in [-0.15, -0.1) is 0 Å². The van der Waals surface area contributed by atoms with Crippen molar-refractivity contribution >= 4 is 5.97 Å². The third kappa shape index (κ3) is 5.82. The first-order valence-corrected chi connectivity index (χ1v) is 10.6. The van der Waals surface area contributed by atoms with Gasteiger partial charge in [0, 0.05) is 5.92 Å². The minimum absolute atomic E-state index is 0.00327. The quantitative estimate of drug-likeness (QED) is 0.393. The lowest BCUT2D eigenvalue weighted by Gasteiger charge is -2.32. The minimum atomic E-state index is -0.0659. The highest BCUT2D eigenvalue weighted by Crippen LogP contribution is 2.36. The van der Waals surface area contributed by atoms with Gasteiger partial charge in [-0.3, -0.25) is 4.79 Å². The van der Waals surface area contributed by atoms with Crippen LogP contribution in [0.15, 0.2) is 72.3 Å². The van der Waals surface area contributed by atoms with Crippen molar-refractivity contribution in [3.63, 3.8) is 0 Å². The van der Waals surface area contributed by atoms with Crippen LogP contribution >= 0.6 is 0 Å². The normalized spacial score (nSPS) is 20.2. The lowest BCUT2D eigenvalue weighted by molar-refractivity contribution is -0.152. The van der Waals surface area contributed by atoms with Crippen molar-refractivity contribution in [2.45, 2.75) is 70.3 Å². The second-order valence-electron chi connectivity index (χ2n) is 8.16. The number of ether oxygens (including phenoxy) is 1. The van der Waals surface area contributed by atoms with Gasteiger partial charge in [-0.25, -0.2) is 0 Å². The van der Waals surface area contributed by atoms with E-state index < -0.39 is 0 Å². The fourth-order valence-electron chi connectivity index (χ4n) is 4.18. The van der Waals surface area contributed by atoms with Crippen LogP contribution in [0.5, 0.6) is 0 Å². The monoisotopic (exact) mass is 376 g/mol. The highest BCUT2D eigenvalue weighted by atomic mass is 16.5. The third-order valence-electron chi connectivity index (χ3n) is 5.71. The van der Waals surface area contributed by atoms with E-state index in [1.54, 1.807) is 0 Å². The number of carbonyl (C=O) groups is 1. The Balaban J connectivity index is 1.68. The van der Waals surface area contributed by atoms with E-state index in [9.17, 15) is 4.79 Å². The molecule has 1 aliphatic carbocycles. The van der Waals surface area contributed by atoms with Crippen LogP contribution in [0.3, 0.4) is 0 Å². The van der Waals surface area contributed by atoms with Crippen LogP contribution in [0, 0.1) is 0 Å². The number of hydrogen-bond donors (Lipinski definition) is 0. The summed E-state index contributed by atoms with van der Waals surface area (Å²) in [4.78, 5) is 12.9. The van der Waals surface area contributed by atoms with Crippen molar-refractivity contribution in [1.82, 2.24) is 0 Å². The van der Waals surface area contributed by atoms with E-state index in [0.29, 0.717) is 12.3 Å². The van der Waals surface area contributed by atoms with Gasteiger partial charge in [-0.2, -0.15) is 0 Å². The van der Waals surface area contributed by atoms with Gasteiger partial charge in [0.2, 0.25) is 0 Å². The number of carbonyl (C=O) groups excluding carboxylic acids is 1. The summed E-state index contributed by atoms with van der Waals surface area (Å²) in [5, 5.41) is 0. The summed E-state index contributed by atoms with van der Waals surface area (Å²) in [6, 6.07) is 20.9.